The average molecular weight is 423 g/mol. The van der Waals surface area contributed by atoms with Gasteiger partial charge in [0.15, 0.2) is 0 Å². The van der Waals surface area contributed by atoms with Gasteiger partial charge in [0.1, 0.15) is 13.2 Å². The molecule has 0 aliphatic rings. The number of hydrogen-bond acceptors (Lipinski definition) is 4. The second-order valence-electron chi connectivity index (χ2n) is 5.94. The summed E-state index contributed by atoms with van der Waals surface area (Å²) < 4.78 is 5.11. The predicted octanol–water partition coefficient (Wildman–Crippen LogP) is 4.21. The summed E-state index contributed by atoms with van der Waals surface area (Å²) in [7, 11) is 0. The lowest BCUT2D eigenvalue weighted by atomic mass is 10.1. The zero-order chi connectivity index (χ0) is 20.5. The van der Waals surface area contributed by atoms with Crippen molar-refractivity contribution in [1.29, 1.82) is 0 Å². The molecule has 0 heterocycles. The Morgan fingerprint density at radius 2 is 1.79 bits per heavy atom. The fraction of sp³-hybridized carbons (Fsp3) is 0.250. The van der Waals surface area contributed by atoms with Gasteiger partial charge in [0, 0.05) is 11.4 Å². The molecule has 2 aromatic carbocycles. The molecule has 0 aliphatic heterocycles. The van der Waals surface area contributed by atoms with E-state index in [0.29, 0.717) is 6.42 Å². The van der Waals surface area contributed by atoms with Crippen LogP contribution in [-0.4, -0.2) is 24.3 Å². The van der Waals surface area contributed by atoms with Crippen LogP contribution in [-0.2, 0) is 20.9 Å². The van der Waals surface area contributed by atoms with Crippen LogP contribution in [0, 0.1) is 0 Å². The number of halogens is 2. The van der Waals surface area contributed by atoms with Crippen LogP contribution in [0.4, 0.5) is 5.69 Å². The Hall–Kier alpha value is -2.57. The average Bonchev–Trinajstić information content (AvgIpc) is 2.67. The molecule has 0 fully saturated rings. The van der Waals surface area contributed by atoms with Crippen LogP contribution in [0.25, 0.3) is 0 Å². The van der Waals surface area contributed by atoms with Gasteiger partial charge in [0.05, 0.1) is 16.3 Å². The molecule has 6 nitrogen and oxygen atoms in total. The molecule has 28 heavy (non-hydrogen) atoms. The van der Waals surface area contributed by atoms with Crippen molar-refractivity contribution in [3.63, 3.8) is 0 Å². The molecule has 2 rings (SSSR count). The van der Waals surface area contributed by atoms with Gasteiger partial charge in [-0.15, -0.1) is 0 Å². The topological polar surface area (TPSA) is 84.5 Å². The molecule has 8 heteroatoms. The highest BCUT2D eigenvalue weighted by atomic mass is 35.5. The van der Waals surface area contributed by atoms with Gasteiger partial charge in [-0.3, -0.25) is 14.4 Å². The molecule has 0 atom stereocenters. The number of ether oxygens (including phenoxy) is 1. The Labute approximate surface area is 173 Å². The van der Waals surface area contributed by atoms with E-state index in [-0.39, 0.29) is 46.8 Å². The Morgan fingerprint density at radius 1 is 1.07 bits per heavy atom. The zero-order valence-electron chi connectivity index (χ0n) is 15.3. The number of esters is 1. The number of nitrogens with one attached hydrogen (secondary N) is 2. The fourth-order valence-corrected chi connectivity index (χ4v) is 2.89. The third-order valence-corrected chi connectivity index (χ3v) is 4.19. The minimum atomic E-state index is -0.604. The summed E-state index contributed by atoms with van der Waals surface area (Å²) in [5.74, 6) is -1.47. The molecule has 0 bridgehead atoms. The van der Waals surface area contributed by atoms with Gasteiger partial charge in [0.25, 0.3) is 5.91 Å². The first-order chi connectivity index (χ1) is 13.4. The van der Waals surface area contributed by atoms with E-state index in [4.69, 9.17) is 27.9 Å². The standard InChI is InChI=1S/C20H20Cl2N2O4/c1-2-6-17(25)24-19-15(9-14(21)10-16(19)22)20(27)23-11-18(26)28-12-13-7-4-3-5-8-13/h3-5,7-10H,2,6,11-12H2,1H3,(H,23,27)(H,24,25). The van der Waals surface area contributed by atoms with Crippen molar-refractivity contribution >= 4 is 46.7 Å². The van der Waals surface area contributed by atoms with Crippen molar-refractivity contribution in [3.8, 4) is 0 Å². The minimum absolute atomic E-state index is 0.0674. The summed E-state index contributed by atoms with van der Waals surface area (Å²) in [4.78, 5) is 36.3. The van der Waals surface area contributed by atoms with Crippen molar-refractivity contribution in [2.45, 2.75) is 26.4 Å². The second-order valence-corrected chi connectivity index (χ2v) is 6.78. The first kappa shape index (κ1) is 21.7. The lowest BCUT2D eigenvalue weighted by Gasteiger charge is -2.13. The van der Waals surface area contributed by atoms with E-state index < -0.39 is 11.9 Å². The largest absolute Gasteiger partial charge is 0.460 e. The van der Waals surface area contributed by atoms with Gasteiger partial charge < -0.3 is 15.4 Å². The Bertz CT molecular complexity index is 857. The monoisotopic (exact) mass is 422 g/mol. The molecule has 0 radical (unpaired) electrons. The number of rotatable bonds is 8. The third-order valence-electron chi connectivity index (χ3n) is 3.68. The summed E-state index contributed by atoms with van der Waals surface area (Å²) >= 11 is 12.1. The second kappa shape index (κ2) is 10.7. The van der Waals surface area contributed by atoms with Crippen LogP contribution in [0.1, 0.15) is 35.7 Å². The Morgan fingerprint density at radius 3 is 2.46 bits per heavy atom. The number of amides is 2. The lowest BCUT2D eigenvalue weighted by molar-refractivity contribution is -0.143. The number of anilines is 1. The van der Waals surface area contributed by atoms with Crippen LogP contribution in [0.2, 0.25) is 10.0 Å². The van der Waals surface area contributed by atoms with E-state index in [1.807, 2.05) is 37.3 Å². The van der Waals surface area contributed by atoms with E-state index >= 15 is 0 Å². The highest BCUT2D eigenvalue weighted by Gasteiger charge is 2.18. The van der Waals surface area contributed by atoms with Crippen molar-refractivity contribution in [2.75, 3.05) is 11.9 Å². The SMILES string of the molecule is CCCC(=O)Nc1c(Cl)cc(Cl)cc1C(=O)NCC(=O)OCc1ccccc1. The molecule has 2 amide bonds. The van der Waals surface area contributed by atoms with Crippen LogP contribution < -0.4 is 10.6 Å². The first-order valence-corrected chi connectivity index (χ1v) is 9.43. The molecular weight excluding hydrogens is 403 g/mol. The number of benzene rings is 2. The van der Waals surface area contributed by atoms with Crippen LogP contribution in [0.15, 0.2) is 42.5 Å². The Balaban J connectivity index is 2.00. The summed E-state index contributed by atoms with van der Waals surface area (Å²) in [5, 5.41) is 5.43. The van der Waals surface area contributed by atoms with Crippen LogP contribution in [0.3, 0.4) is 0 Å². The summed E-state index contributed by atoms with van der Waals surface area (Å²) in [5.41, 5.74) is 1.06. The quantitative estimate of drug-likeness (QED) is 0.624. The van der Waals surface area contributed by atoms with E-state index in [9.17, 15) is 14.4 Å². The minimum Gasteiger partial charge on any atom is -0.460 e. The van der Waals surface area contributed by atoms with Crippen molar-refractivity contribution in [1.82, 2.24) is 5.32 Å². The van der Waals surface area contributed by atoms with E-state index in [2.05, 4.69) is 10.6 Å². The number of carbonyl (C=O) groups is 3. The van der Waals surface area contributed by atoms with E-state index in [1.165, 1.54) is 12.1 Å². The molecule has 2 aromatic rings. The molecule has 0 aromatic heterocycles. The normalized spacial score (nSPS) is 10.2. The van der Waals surface area contributed by atoms with Gasteiger partial charge in [0.2, 0.25) is 5.91 Å². The van der Waals surface area contributed by atoms with E-state index in [0.717, 1.165) is 5.56 Å². The number of hydrogen-bond donors (Lipinski definition) is 2. The molecule has 0 saturated carbocycles. The molecule has 0 aliphatic carbocycles. The van der Waals surface area contributed by atoms with Gasteiger partial charge >= 0.3 is 5.97 Å². The Kier molecular flexibility index (Phi) is 8.29. The third kappa shape index (κ3) is 6.55. The first-order valence-electron chi connectivity index (χ1n) is 8.67. The maximum atomic E-state index is 12.5. The fourth-order valence-electron chi connectivity index (χ4n) is 2.35. The summed E-state index contributed by atoms with van der Waals surface area (Å²) in [6.45, 7) is 1.63. The highest BCUT2D eigenvalue weighted by molar-refractivity contribution is 6.38. The van der Waals surface area contributed by atoms with Crippen LogP contribution >= 0.6 is 23.2 Å². The molecule has 0 saturated heterocycles. The number of carbonyl (C=O) groups excluding carboxylic acids is 3. The maximum Gasteiger partial charge on any atom is 0.325 e. The van der Waals surface area contributed by atoms with Gasteiger partial charge in [-0.25, -0.2) is 0 Å². The van der Waals surface area contributed by atoms with Crippen LogP contribution in [0.5, 0.6) is 0 Å². The van der Waals surface area contributed by atoms with Crippen molar-refractivity contribution < 1.29 is 19.1 Å². The molecule has 0 unspecified atom stereocenters. The summed E-state index contributed by atoms with van der Waals surface area (Å²) in [6.07, 6.45) is 0.928. The van der Waals surface area contributed by atoms with Crippen molar-refractivity contribution in [3.05, 3.63) is 63.6 Å². The predicted molar refractivity (Wildman–Crippen MR) is 109 cm³/mol. The lowest BCUT2D eigenvalue weighted by Crippen LogP contribution is -2.31. The highest BCUT2D eigenvalue weighted by Crippen LogP contribution is 2.30. The van der Waals surface area contributed by atoms with Gasteiger partial charge in [-0.05, 0) is 24.1 Å². The molecule has 2 N–H and O–H groups in total. The van der Waals surface area contributed by atoms with E-state index in [1.54, 1.807) is 0 Å². The summed E-state index contributed by atoms with van der Waals surface area (Å²) in [6, 6.07) is 12.0. The molecule has 148 valence electrons. The maximum absolute atomic E-state index is 12.5. The van der Waals surface area contributed by atoms with Gasteiger partial charge in [-0.2, -0.15) is 0 Å². The molecular formula is C20H20Cl2N2O4. The van der Waals surface area contributed by atoms with Crippen molar-refractivity contribution in [2.24, 2.45) is 0 Å². The zero-order valence-corrected chi connectivity index (χ0v) is 16.8. The smallest absolute Gasteiger partial charge is 0.325 e. The molecule has 0 spiro atoms. The van der Waals surface area contributed by atoms with Gasteiger partial charge in [-0.1, -0.05) is 60.5 Å².